The largest absolute Gasteiger partial charge is 0.377 e. The van der Waals surface area contributed by atoms with Crippen molar-refractivity contribution >= 4 is 11.8 Å². The van der Waals surface area contributed by atoms with E-state index in [1.165, 1.54) is 17.2 Å². The number of aromatic nitrogens is 1. The van der Waals surface area contributed by atoms with Gasteiger partial charge in [-0.2, -0.15) is 0 Å². The van der Waals surface area contributed by atoms with Gasteiger partial charge in [0.15, 0.2) is 5.82 Å². The molecule has 0 spiro atoms. The molecule has 6 nitrogen and oxygen atoms in total. The standard InChI is InChI=1S/C13H16FN3O3/c1-2-16-12(18)11-8-20-6-5-17(11)13(19)9-3-4-15-7-10(9)14/h3-4,7,11H,2,5-6,8H2,1H3,(H,16,18). The summed E-state index contributed by atoms with van der Waals surface area (Å²) in [4.78, 5) is 29.2. The normalized spacial score (nSPS) is 18.7. The Labute approximate surface area is 115 Å². The van der Waals surface area contributed by atoms with Crippen LogP contribution in [0.25, 0.3) is 0 Å². The number of morpholine rings is 1. The van der Waals surface area contributed by atoms with E-state index in [1.54, 1.807) is 6.92 Å². The maximum Gasteiger partial charge on any atom is 0.257 e. The summed E-state index contributed by atoms with van der Waals surface area (Å²) in [5.74, 6) is -1.52. The van der Waals surface area contributed by atoms with E-state index in [-0.39, 0.29) is 24.6 Å². The molecule has 1 aromatic heterocycles. The van der Waals surface area contributed by atoms with Crippen LogP contribution in [0.2, 0.25) is 0 Å². The summed E-state index contributed by atoms with van der Waals surface area (Å²) < 4.78 is 18.9. The number of amides is 2. The molecule has 1 aromatic rings. The SMILES string of the molecule is CCNC(=O)C1COCCN1C(=O)c1ccncc1F. The molecule has 7 heteroatoms. The van der Waals surface area contributed by atoms with Gasteiger partial charge in [-0.05, 0) is 13.0 Å². The second kappa shape index (κ2) is 6.42. The quantitative estimate of drug-likeness (QED) is 0.859. The van der Waals surface area contributed by atoms with Crippen LogP contribution in [0.1, 0.15) is 17.3 Å². The minimum Gasteiger partial charge on any atom is -0.377 e. The second-order valence-corrected chi connectivity index (χ2v) is 4.34. The number of halogens is 1. The predicted octanol–water partition coefficient (Wildman–Crippen LogP) is 0.198. The summed E-state index contributed by atoms with van der Waals surface area (Å²) in [6, 6.07) is 0.575. The first-order valence-corrected chi connectivity index (χ1v) is 6.41. The van der Waals surface area contributed by atoms with Gasteiger partial charge in [0.2, 0.25) is 5.91 Å². The zero-order valence-corrected chi connectivity index (χ0v) is 11.1. The molecule has 0 saturated carbocycles. The fraction of sp³-hybridized carbons (Fsp3) is 0.462. The van der Waals surface area contributed by atoms with E-state index in [1.807, 2.05) is 0 Å². The molecule has 2 rings (SSSR count). The van der Waals surface area contributed by atoms with Gasteiger partial charge in [0.05, 0.1) is 25.0 Å². The van der Waals surface area contributed by atoms with Gasteiger partial charge < -0.3 is 15.0 Å². The van der Waals surface area contributed by atoms with Gasteiger partial charge in [-0.3, -0.25) is 14.6 Å². The summed E-state index contributed by atoms with van der Waals surface area (Å²) in [5.41, 5.74) is -0.0869. The van der Waals surface area contributed by atoms with Crippen molar-refractivity contribution in [2.75, 3.05) is 26.3 Å². The molecule has 1 unspecified atom stereocenters. The maximum absolute atomic E-state index is 13.6. The van der Waals surface area contributed by atoms with Gasteiger partial charge in [-0.15, -0.1) is 0 Å². The summed E-state index contributed by atoms with van der Waals surface area (Å²) in [7, 11) is 0. The lowest BCUT2D eigenvalue weighted by atomic mass is 10.1. The smallest absolute Gasteiger partial charge is 0.257 e. The molecule has 0 aliphatic carbocycles. The van der Waals surface area contributed by atoms with Gasteiger partial charge in [-0.1, -0.05) is 0 Å². The monoisotopic (exact) mass is 281 g/mol. The number of likely N-dealkylation sites (N-methyl/N-ethyl adjacent to an activating group) is 1. The van der Waals surface area contributed by atoms with Crippen molar-refractivity contribution in [3.63, 3.8) is 0 Å². The van der Waals surface area contributed by atoms with Crippen molar-refractivity contribution in [2.45, 2.75) is 13.0 Å². The van der Waals surface area contributed by atoms with Gasteiger partial charge >= 0.3 is 0 Å². The molecule has 0 radical (unpaired) electrons. The number of rotatable bonds is 3. The number of ether oxygens (including phenoxy) is 1. The van der Waals surface area contributed by atoms with Crippen LogP contribution < -0.4 is 5.32 Å². The summed E-state index contributed by atoms with van der Waals surface area (Å²) in [6.07, 6.45) is 2.33. The Balaban J connectivity index is 2.22. The summed E-state index contributed by atoms with van der Waals surface area (Å²) in [5, 5.41) is 2.65. The zero-order chi connectivity index (χ0) is 14.5. The van der Waals surface area contributed by atoms with Crippen LogP contribution in [-0.2, 0) is 9.53 Å². The Bertz CT molecular complexity index is 509. The third-order valence-corrected chi connectivity index (χ3v) is 3.05. The highest BCUT2D eigenvalue weighted by Crippen LogP contribution is 2.14. The van der Waals surface area contributed by atoms with Crippen LogP contribution >= 0.6 is 0 Å². The number of pyridine rings is 1. The van der Waals surface area contributed by atoms with Gasteiger partial charge in [0.1, 0.15) is 6.04 Å². The lowest BCUT2D eigenvalue weighted by molar-refractivity contribution is -0.130. The minimum atomic E-state index is -0.733. The number of hydrogen-bond donors (Lipinski definition) is 1. The molecule has 0 aromatic carbocycles. The van der Waals surface area contributed by atoms with Crippen LogP contribution in [0.15, 0.2) is 18.5 Å². The molecule has 2 heterocycles. The van der Waals surface area contributed by atoms with Crippen molar-refractivity contribution in [3.8, 4) is 0 Å². The molecule has 1 N–H and O–H groups in total. The highest BCUT2D eigenvalue weighted by molar-refractivity contribution is 5.97. The van der Waals surface area contributed by atoms with E-state index in [9.17, 15) is 14.0 Å². The van der Waals surface area contributed by atoms with Crippen LogP contribution in [0.3, 0.4) is 0 Å². The van der Waals surface area contributed by atoms with Crippen LogP contribution in [-0.4, -0.2) is 54.0 Å². The molecule has 1 atom stereocenters. The molecule has 108 valence electrons. The molecule has 1 aliphatic heterocycles. The molecule has 0 bridgehead atoms. The Morgan fingerprint density at radius 2 is 2.40 bits per heavy atom. The Kier molecular flexibility index (Phi) is 4.62. The predicted molar refractivity (Wildman–Crippen MR) is 68.5 cm³/mol. The maximum atomic E-state index is 13.6. The van der Waals surface area contributed by atoms with E-state index in [2.05, 4.69) is 10.3 Å². The molecule has 1 fully saturated rings. The van der Waals surface area contributed by atoms with Crippen molar-refractivity contribution in [1.29, 1.82) is 0 Å². The first-order chi connectivity index (χ1) is 9.65. The third kappa shape index (κ3) is 2.93. The van der Waals surface area contributed by atoms with Crippen LogP contribution in [0.5, 0.6) is 0 Å². The highest BCUT2D eigenvalue weighted by Gasteiger charge is 2.33. The molecule has 20 heavy (non-hydrogen) atoms. The first kappa shape index (κ1) is 14.4. The van der Waals surface area contributed by atoms with Crippen molar-refractivity contribution in [1.82, 2.24) is 15.2 Å². The Morgan fingerprint density at radius 3 is 3.10 bits per heavy atom. The Hall–Kier alpha value is -2.02. The average molecular weight is 281 g/mol. The third-order valence-electron chi connectivity index (χ3n) is 3.05. The van der Waals surface area contributed by atoms with E-state index in [4.69, 9.17) is 4.74 Å². The first-order valence-electron chi connectivity index (χ1n) is 6.41. The molecule has 1 saturated heterocycles. The second-order valence-electron chi connectivity index (χ2n) is 4.34. The molecule has 1 aliphatic rings. The topological polar surface area (TPSA) is 71.5 Å². The van der Waals surface area contributed by atoms with Crippen LogP contribution in [0, 0.1) is 5.82 Å². The molecular weight excluding hydrogens is 265 g/mol. The zero-order valence-electron chi connectivity index (χ0n) is 11.1. The fourth-order valence-electron chi connectivity index (χ4n) is 2.06. The average Bonchev–Trinajstić information content (AvgIpc) is 2.47. The van der Waals surface area contributed by atoms with E-state index in [0.29, 0.717) is 13.2 Å². The number of nitrogens with zero attached hydrogens (tertiary/aromatic N) is 2. The van der Waals surface area contributed by atoms with Crippen molar-refractivity contribution in [2.24, 2.45) is 0 Å². The van der Waals surface area contributed by atoms with E-state index in [0.717, 1.165) is 6.20 Å². The fourth-order valence-corrected chi connectivity index (χ4v) is 2.06. The number of carbonyl (C=O) groups is 2. The summed E-state index contributed by atoms with van der Waals surface area (Å²) >= 11 is 0. The van der Waals surface area contributed by atoms with E-state index >= 15 is 0 Å². The number of nitrogens with one attached hydrogen (secondary N) is 1. The molecular formula is C13H16FN3O3. The minimum absolute atomic E-state index is 0.0869. The summed E-state index contributed by atoms with van der Waals surface area (Å²) in [6.45, 7) is 2.94. The van der Waals surface area contributed by atoms with E-state index < -0.39 is 17.8 Å². The molecule has 2 amide bonds. The van der Waals surface area contributed by atoms with Gasteiger partial charge in [0, 0.05) is 19.3 Å². The Morgan fingerprint density at radius 1 is 1.60 bits per heavy atom. The lowest BCUT2D eigenvalue weighted by Gasteiger charge is -2.34. The lowest BCUT2D eigenvalue weighted by Crippen LogP contribution is -2.56. The van der Waals surface area contributed by atoms with Gasteiger partial charge in [-0.25, -0.2) is 4.39 Å². The number of carbonyl (C=O) groups excluding carboxylic acids is 2. The van der Waals surface area contributed by atoms with Crippen LogP contribution in [0.4, 0.5) is 4.39 Å². The highest BCUT2D eigenvalue weighted by atomic mass is 19.1. The van der Waals surface area contributed by atoms with Gasteiger partial charge in [0.25, 0.3) is 5.91 Å². The van der Waals surface area contributed by atoms with Crippen molar-refractivity contribution in [3.05, 3.63) is 29.8 Å². The number of hydrogen-bond acceptors (Lipinski definition) is 4. The van der Waals surface area contributed by atoms with Crippen molar-refractivity contribution < 1.29 is 18.7 Å².